The molecule has 0 saturated carbocycles. The molecule has 0 bridgehead atoms. The summed E-state index contributed by atoms with van der Waals surface area (Å²) >= 11 is 5.79. The third kappa shape index (κ3) is 2.26. The summed E-state index contributed by atoms with van der Waals surface area (Å²) in [6, 6.07) is 5.35. The molecule has 86 valence electrons. The van der Waals surface area contributed by atoms with Crippen LogP contribution in [0.5, 0.6) is 0 Å². The molecule has 0 saturated heterocycles. The van der Waals surface area contributed by atoms with Crippen molar-refractivity contribution in [2.24, 2.45) is 5.73 Å². The Morgan fingerprint density at radius 3 is 2.82 bits per heavy atom. The van der Waals surface area contributed by atoms with E-state index in [1.54, 1.807) is 18.5 Å². The summed E-state index contributed by atoms with van der Waals surface area (Å²) in [5.41, 5.74) is 7.96. The van der Waals surface area contributed by atoms with Crippen molar-refractivity contribution in [1.29, 1.82) is 0 Å². The summed E-state index contributed by atoms with van der Waals surface area (Å²) in [4.78, 5) is 19.3. The van der Waals surface area contributed by atoms with E-state index in [2.05, 4.69) is 9.97 Å². The smallest absolute Gasteiger partial charge is 0.251 e. The Labute approximate surface area is 103 Å². The van der Waals surface area contributed by atoms with Crippen molar-refractivity contribution in [3.8, 4) is 11.1 Å². The zero-order valence-corrected chi connectivity index (χ0v) is 9.90. The summed E-state index contributed by atoms with van der Waals surface area (Å²) < 4.78 is 0. The van der Waals surface area contributed by atoms with Crippen LogP contribution in [0, 0.1) is 6.92 Å². The van der Waals surface area contributed by atoms with Crippen molar-refractivity contribution < 1.29 is 4.79 Å². The Kier molecular flexibility index (Phi) is 3.06. The number of carbonyl (C=O) groups is 1. The number of halogens is 1. The first-order valence-corrected chi connectivity index (χ1v) is 5.34. The predicted octanol–water partition coefficient (Wildman–Crippen LogP) is 2.20. The van der Waals surface area contributed by atoms with Gasteiger partial charge in [0.25, 0.3) is 5.91 Å². The molecule has 0 aromatic carbocycles. The lowest BCUT2D eigenvalue weighted by Crippen LogP contribution is -2.12. The van der Waals surface area contributed by atoms with Crippen LogP contribution < -0.4 is 5.73 Å². The van der Waals surface area contributed by atoms with Gasteiger partial charge < -0.3 is 5.73 Å². The number of carbonyl (C=O) groups excluding carboxylic acids is 1. The van der Waals surface area contributed by atoms with E-state index in [0.29, 0.717) is 0 Å². The molecule has 2 heterocycles. The van der Waals surface area contributed by atoms with E-state index < -0.39 is 5.91 Å². The van der Waals surface area contributed by atoms with Gasteiger partial charge in [-0.3, -0.25) is 9.78 Å². The standard InChI is InChI=1S/C12H10ClN3O/c1-7-9(3-2-4-15-7)8-5-10(12(14)17)11(13)16-6-8/h2-6H,1H3,(H2,14,17). The van der Waals surface area contributed by atoms with Crippen LogP contribution in [0.3, 0.4) is 0 Å². The quantitative estimate of drug-likeness (QED) is 0.827. The van der Waals surface area contributed by atoms with Crippen LogP contribution in [0.15, 0.2) is 30.6 Å². The van der Waals surface area contributed by atoms with Crippen LogP contribution in [0.25, 0.3) is 11.1 Å². The van der Waals surface area contributed by atoms with Crippen molar-refractivity contribution in [2.75, 3.05) is 0 Å². The summed E-state index contributed by atoms with van der Waals surface area (Å²) in [6.07, 6.45) is 3.30. The maximum Gasteiger partial charge on any atom is 0.251 e. The van der Waals surface area contributed by atoms with E-state index in [9.17, 15) is 4.79 Å². The summed E-state index contributed by atoms with van der Waals surface area (Å²) in [7, 11) is 0. The Morgan fingerprint density at radius 1 is 1.41 bits per heavy atom. The van der Waals surface area contributed by atoms with Crippen molar-refractivity contribution >= 4 is 17.5 Å². The van der Waals surface area contributed by atoms with Gasteiger partial charge in [0.05, 0.1) is 5.56 Å². The summed E-state index contributed by atoms with van der Waals surface area (Å²) in [6.45, 7) is 1.88. The van der Waals surface area contributed by atoms with Gasteiger partial charge in [0.2, 0.25) is 0 Å². The number of nitrogens with zero attached hydrogens (tertiary/aromatic N) is 2. The number of aryl methyl sites for hydroxylation is 1. The van der Waals surface area contributed by atoms with Crippen LogP contribution in [0.2, 0.25) is 5.15 Å². The first kappa shape index (κ1) is 11.5. The van der Waals surface area contributed by atoms with Gasteiger partial charge in [0.15, 0.2) is 0 Å². The van der Waals surface area contributed by atoms with E-state index in [1.165, 1.54) is 0 Å². The molecular formula is C12H10ClN3O. The fourth-order valence-electron chi connectivity index (χ4n) is 1.56. The maximum absolute atomic E-state index is 11.2. The minimum atomic E-state index is -0.592. The summed E-state index contributed by atoms with van der Waals surface area (Å²) in [5, 5.41) is 0.114. The minimum Gasteiger partial charge on any atom is -0.366 e. The fourth-order valence-corrected chi connectivity index (χ4v) is 1.75. The molecule has 0 atom stereocenters. The summed E-state index contributed by atoms with van der Waals surface area (Å²) in [5.74, 6) is -0.592. The molecule has 0 aliphatic heterocycles. The number of pyridine rings is 2. The lowest BCUT2D eigenvalue weighted by molar-refractivity contribution is 0.1000. The third-order valence-corrected chi connectivity index (χ3v) is 2.72. The maximum atomic E-state index is 11.2. The second-order valence-corrected chi connectivity index (χ2v) is 3.92. The van der Waals surface area contributed by atoms with Crippen LogP contribution in [-0.4, -0.2) is 15.9 Å². The molecule has 0 spiro atoms. The second kappa shape index (κ2) is 4.51. The lowest BCUT2D eigenvalue weighted by Gasteiger charge is -2.06. The fraction of sp³-hybridized carbons (Fsp3) is 0.0833. The normalized spacial score (nSPS) is 10.2. The van der Waals surface area contributed by atoms with E-state index in [0.717, 1.165) is 16.8 Å². The highest BCUT2D eigenvalue weighted by atomic mass is 35.5. The molecule has 2 aromatic heterocycles. The van der Waals surface area contributed by atoms with Gasteiger partial charge in [-0.05, 0) is 19.1 Å². The van der Waals surface area contributed by atoms with Gasteiger partial charge in [-0.2, -0.15) is 0 Å². The van der Waals surface area contributed by atoms with E-state index in [1.807, 2.05) is 19.1 Å². The third-order valence-electron chi connectivity index (χ3n) is 2.42. The molecule has 4 nitrogen and oxygen atoms in total. The van der Waals surface area contributed by atoms with Gasteiger partial charge in [0, 0.05) is 29.2 Å². The highest BCUT2D eigenvalue weighted by Gasteiger charge is 2.11. The monoisotopic (exact) mass is 247 g/mol. The highest BCUT2D eigenvalue weighted by molar-refractivity contribution is 6.32. The largest absolute Gasteiger partial charge is 0.366 e. The van der Waals surface area contributed by atoms with Gasteiger partial charge in [0.1, 0.15) is 5.15 Å². The molecule has 0 aliphatic carbocycles. The Morgan fingerprint density at radius 2 is 2.18 bits per heavy atom. The number of primary amides is 1. The Bertz CT molecular complexity index is 584. The molecule has 0 aliphatic rings. The molecule has 0 radical (unpaired) electrons. The Hall–Kier alpha value is -1.94. The van der Waals surface area contributed by atoms with Gasteiger partial charge in [-0.1, -0.05) is 17.7 Å². The molecule has 2 N–H and O–H groups in total. The number of hydrogen-bond donors (Lipinski definition) is 1. The SMILES string of the molecule is Cc1ncccc1-c1cnc(Cl)c(C(N)=O)c1. The highest BCUT2D eigenvalue weighted by Crippen LogP contribution is 2.24. The molecule has 1 amide bonds. The van der Waals surface area contributed by atoms with Gasteiger partial charge >= 0.3 is 0 Å². The first-order chi connectivity index (χ1) is 8.09. The average molecular weight is 248 g/mol. The van der Waals surface area contributed by atoms with Crippen LogP contribution in [-0.2, 0) is 0 Å². The van der Waals surface area contributed by atoms with Crippen LogP contribution in [0.1, 0.15) is 16.1 Å². The van der Waals surface area contributed by atoms with Crippen molar-refractivity contribution in [2.45, 2.75) is 6.92 Å². The van der Waals surface area contributed by atoms with Crippen LogP contribution in [0.4, 0.5) is 0 Å². The molecule has 2 rings (SSSR count). The van der Waals surface area contributed by atoms with Crippen molar-refractivity contribution in [3.05, 3.63) is 47.0 Å². The number of hydrogen-bond acceptors (Lipinski definition) is 3. The molecular weight excluding hydrogens is 238 g/mol. The molecule has 2 aromatic rings. The topological polar surface area (TPSA) is 68.9 Å². The zero-order chi connectivity index (χ0) is 12.4. The van der Waals surface area contributed by atoms with E-state index in [4.69, 9.17) is 17.3 Å². The zero-order valence-electron chi connectivity index (χ0n) is 9.14. The molecule has 5 heteroatoms. The number of amides is 1. The van der Waals surface area contributed by atoms with E-state index >= 15 is 0 Å². The predicted molar refractivity (Wildman–Crippen MR) is 65.7 cm³/mol. The minimum absolute atomic E-state index is 0.114. The van der Waals surface area contributed by atoms with E-state index in [-0.39, 0.29) is 10.7 Å². The van der Waals surface area contributed by atoms with Crippen molar-refractivity contribution in [1.82, 2.24) is 9.97 Å². The number of rotatable bonds is 2. The van der Waals surface area contributed by atoms with Crippen molar-refractivity contribution in [3.63, 3.8) is 0 Å². The van der Waals surface area contributed by atoms with Gasteiger partial charge in [-0.15, -0.1) is 0 Å². The molecule has 0 unspecified atom stereocenters. The molecule has 17 heavy (non-hydrogen) atoms. The molecule has 0 fully saturated rings. The Balaban J connectivity index is 2.58. The average Bonchev–Trinajstić information content (AvgIpc) is 2.30. The lowest BCUT2D eigenvalue weighted by atomic mass is 10.0. The van der Waals surface area contributed by atoms with Crippen LogP contribution >= 0.6 is 11.6 Å². The number of aromatic nitrogens is 2. The second-order valence-electron chi connectivity index (χ2n) is 3.56. The first-order valence-electron chi connectivity index (χ1n) is 4.97. The number of nitrogens with two attached hydrogens (primary N) is 1. The van der Waals surface area contributed by atoms with Gasteiger partial charge in [-0.25, -0.2) is 4.98 Å².